The molecule has 2 N–H and O–H groups in total. The van der Waals surface area contributed by atoms with Crippen molar-refractivity contribution in [3.05, 3.63) is 37.8 Å². The SMILES string of the molecule is Cc1csc(=O)n1CCCC(=O)Nc1ccc(C(=O)O)s1. The Labute approximate surface area is 128 Å². The lowest BCUT2D eigenvalue weighted by molar-refractivity contribution is -0.116. The first-order valence-corrected chi connectivity index (χ1v) is 7.95. The molecule has 8 heteroatoms. The van der Waals surface area contributed by atoms with Crippen molar-refractivity contribution in [1.29, 1.82) is 0 Å². The molecule has 2 aromatic rings. The summed E-state index contributed by atoms with van der Waals surface area (Å²) < 4.78 is 1.64. The molecule has 1 amide bonds. The predicted octanol–water partition coefficient (Wildman–Crippen LogP) is 2.40. The average molecular weight is 326 g/mol. The Morgan fingerprint density at radius 1 is 1.38 bits per heavy atom. The van der Waals surface area contributed by atoms with Crippen LogP contribution in [0.5, 0.6) is 0 Å². The van der Waals surface area contributed by atoms with Crippen LogP contribution in [-0.2, 0) is 11.3 Å². The molecule has 2 aromatic heterocycles. The number of carboxylic acid groups (broad SMARTS) is 1. The van der Waals surface area contributed by atoms with Gasteiger partial charge >= 0.3 is 10.8 Å². The van der Waals surface area contributed by atoms with E-state index in [0.29, 0.717) is 18.0 Å². The quantitative estimate of drug-likeness (QED) is 0.853. The van der Waals surface area contributed by atoms with Crippen molar-refractivity contribution in [3.8, 4) is 0 Å². The van der Waals surface area contributed by atoms with E-state index in [1.807, 2.05) is 6.92 Å². The summed E-state index contributed by atoms with van der Waals surface area (Å²) in [6.45, 7) is 2.36. The number of amides is 1. The summed E-state index contributed by atoms with van der Waals surface area (Å²) in [7, 11) is 0. The normalized spacial score (nSPS) is 10.5. The van der Waals surface area contributed by atoms with Gasteiger partial charge in [0.2, 0.25) is 5.91 Å². The van der Waals surface area contributed by atoms with E-state index in [9.17, 15) is 14.4 Å². The number of hydrogen-bond donors (Lipinski definition) is 2. The van der Waals surface area contributed by atoms with Crippen molar-refractivity contribution in [3.63, 3.8) is 0 Å². The third-order valence-corrected chi connectivity index (χ3v) is 4.71. The average Bonchev–Trinajstić information content (AvgIpc) is 3.00. The molecule has 0 saturated carbocycles. The van der Waals surface area contributed by atoms with Gasteiger partial charge in [0.25, 0.3) is 0 Å². The van der Waals surface area contributed by atoms with Crippen LogP contribution in [0.2, 0.25) is 0 Å². The summed E-state index contributed by atoms with van der Waals surface area (Å²) in [4.78, 5) is 34.2. The lowest BCUT2D eigenvalue weighted by atomic mass is 10.3. The van der Waals surface area contributed by atoms with Gasteiger partial charge in [0.1, 0.15) is 4.88 Å². The number of carbonyl (C=O) groups excluding carboxylic acids is 1. The fourth-order valence-electron chi connectivity index (χ4n) is 1.79. The van der Waals surface area contributed by atoms with Crippen LogP contribution >= 0.6 is 22.7 Å². The zero-order valence-electron chi connectivity index (χ0n) is 11.3. The molecule has 0 spiro atoms. The summed E-state index contributed by atoms with van der Waals surface area (Å²) in [5, 5.41) is 13.8. The van der Waals surface area contributed by atoms with E-state index in [2.05, 4.69) is 5.32 Å². The Balaban J connectivity index is 1.82. The number of nitrogens with zero attached hydrogens (tertiary/aromatic N) is 1. The Bertz CT molecular complexity index is 714. The summed E-state index contributed by atoms with van der Waals surface area (Å²) in [5.41, 5.74) is 0.898. The van der Waals surface area contributed by atoms with Crippen molar-refractivity contribution in [1.82, 2.24) is 4.57 Å². The molecule has 0 bridgehead atoms. The molecule has 2 rings (SSSR count). The Morgan fingerprint density at radius 3 is 2.71 bits per heavy atom. The van der Waals surface area contributed by atoms with Crippen LogP contribution in [0.15, 0.2) is 22.3 Å². The number of hydrogen-bond acceptors (Lipinski definition) is 5. The van der Waals surface area contributed by atoms with E-state index in [1.165, 1.54) is 6.07 Å². The number of aryl methyl sites for hydroxylation is 1. The van der Waals surface area contributed by atoms with Crippen LogP contribution in [-0.4, -0.2) is 21.6 Å². The van der Waals surface area contributed by atoms with Gasteiger partial charge < -0.3 is 15.0 Å². The maximum absolute atomic E-state index is 11.8. The van der Waals surface area contributed by atoms with E-state index in [0.717, 1.165) is 28.4 Å². The number of thiazole rings is 1. The minimum atomic E-state index is -1.01. The van der Waals surface area contributed by atoms with Crippen molar-refractivity contribution in [2.75, 3.05) is 5.32 Å². The van der Waals surface area contributed by atoms with Crippen LogP contribution in [0.4, 0.5) is 5.00 Å². The van der Waals surface area contributed by atoms with E-state index in [1.54, 1.807) is 16.0 Å². The highest BCUT2D eigenvalue weighted by atomic mass is 32.1. The topological polar surface area (TPSA) is 88.4 Å². The first kappa shape index (κ1) is 15.5. The number of carboxylic acids is 1. The van der Waals surface area contributed by atoms with Crippen molar-refractivity contribution < 1.29 is 14.7 Å². The van der Waals surface area contributed by atoms with Crippen molar-refractivity contribution in [2.45, 2.75) is 26.3 Å². The summed E-state index contributed by atoms with van der Waals surface area (Å²) in [6.07, 6.45) is 0.836. The molecular weight excluding hydrogens is 312 g/mol. The molecule has 0 aliphatic heterocycles. The zero-order chi connectivity index (χ0) is 15.4. The van der Waals surface area contributed by atoms with Crippen LogP contribution in [0, 0.1) is 6.92 Å². The second kappa shape index (κ2) is 6.68. The highest BCUT2D eigenvalue weighted by Crippen LogP contribution is 2.21. The van der Waals surface area contributed by atoms with E-state index < -0.39 is 5.97 Å². The molecular formula is C13H14N2O4S2. The predicted molar refractivity (Wildman–Crippen MR) is 82.5 cm³/mol. The van der Waals surface area contributed by atoms with Gasteiger partial charge in [0.15, 0.2) is 0 Å². The molecule has 0 fully saturated rings. The minimum Gasteiger partial charge on any atom is -0.477 e. The van der Waals surface area contributed by atoms with Gasteiger partial charge in [0.05, 0.1) is 5.00 Å². The second-order valence-electron chi connectivity index (χ2n) is 4.42. The fourth-order valence-corrected chi connectivity index (χ4v) is 3.31. The highest BCUT2D eigenvalue weighted by Gasteiger charge is 2.10. The Morgan fingerprint density at radius 2 is 2.14 bits per heavy atom. The molecule has 0 unspecified atom stereocenters. The van der Waals surface area contributed by atoms with Gasteiger partial charge in [-0.2, -0.15) is 0 Å². The molecule has 2 heterocycles. The molecule has 0 atom stereocenters. The number of thiophene rings is 1. The number of carbonyl (C=O) groups is 2. The summed E-state index contributed by atoms with van der Waals surface area (Å²) in [6, 6.07) is 3.02. The zero-order valence-corrected chi connectivity index (χ0v) is 12.9. The standard InChI is InChI=1S/C13H14N2O4S2/c1-8-7-20-13(19)15(8)6-2-3-10(16)14-11-5-4-9(21-11)12(17)18/h4-5,7H,2-3,6H2,1H3,(H,14,16)(H,17,18). The second-order valence-corrected chi connectivity index (χ2v) is 6.32. The van der Waals surface area contributed by atoms with Gasteiger partial charge in [-0.3, -0.25) is 9.59 Å². The molecule has 21 heavy (non-hydrogen) atoms. The number of anilines is 1. The number of nitrogens with one attached hydrogen (secondary N) is 1. The molecule has 0 aromatic carbocycles. The van der Waals surface area contributed by atoms with Crippen LogP contribution in [0.1, 0.15) is 28.2 Å². The smallest absolute Gasteiger partial charge is 0.345 e. The fraction of sp³-hybridized carbons (Fsp3) is 0.308. The number of rotatable bonds is 6. The Hall–Kier alpha value is -1.93. The molecule has 112 valence electrons. The maximum atomic E-state index is 11.8. The number of aromatic carboxylic acids is 1. The molecule has 0 radical (unpaired) electrons. The van der Waals surface area contributed by atoms with Gasteiger partial charge in [-0.05, 0) is 25.5 Å². The van der Waals surface area contributed by atoms with Gasteiger partial charge in [0, 0.05) is 24.0 Å². The minimum absolute atomic E-state index is 0.0164. The lowest BCUT2D eigenvalue weighted by Gasteiger charge is -2.04. The van der Waals surface area contributed by atoms with Gasteiger partial charge in [-0.25, -0.2) is 4.79 Å². The van der Waals surface area contributed by atoms with E-state index in [4.69, 9.17) is 5.11 Å². The molecule has 6 nitrogen and oxygen atoms in total. The molecule has 0 saturated heterocycles. The monoisotopic (exact) mass is 326 g/mol. The first-order chi connectivity index (χ1) is 9.97. The third-order valence-electron chi connectivity index (χ3n) is 2.84. The lowest BCUT2D eigenvalue weighted by Crippen LogP contribution is -2.17. The Kier molecular flexibility index (Phi) is 4.92. The number of aromatic nitrogens is 1. The van der Waals surface area contributed by atoms with Crippen LogP contribution < -0.4 is 10.2 Å². The first-order valence-electron chi connectivity index (χ1n) is 6.25. The largest absolute Gasteiger partial charge is 0.477 e. The van der Waals surface area contributed by atoms with Crippen molar-refractivity contribution in [2.24, 2.45) is 0 Å². The van der Waals surface area contributed by atoms with Gasteiger partial charge in [-0.15, -0.1) is 11.3 Å². The van der Waals surface area contributed by atoms with E-state index in [-0.39, 0.29) is 22.1 Å². The van der Waals surface area contributed by atoms with E-state index >= 15 is 0 Å². The molecule has 0 aliphatic rings. The summed E-state index contributed by atoms with van der Waals surface area (Å²) >= 11 is 2.17. The maximum Gasteiger partial charge on any atom is 0.345 e. The van der Waals surface area contributed by atoms with Gasteiger partial charge in [-0.1, -0.05) is 11.3 Å². The summed E-state index contributed by atoms with van der Waals surface area (Å²) in [5.74, 6) is -1.19. The van der Waals surface area contributed by atoms with Crippen LogP contribution in [0.3, 0.4) is 0 Å². The molecule has 0 aliphatic carbocycles. The third kappa shape index (κ3) is 4.02. The van der Waals surface area contributed by atoms with Crippen LogP contribution in [0.25, 0.3) is 0 Å². The van der Waals surface area contributed by atoms with Crippen molar-refractivity contribution >= 4 is 39.6 Å². The highest BCUT2D eigenvalue weighted by molar-refractivity contribution is 7.18.